The number of carbonyl (C=O) groups excluding carboxylic acids is 2. The zero-order valence-electron chi connectivity index (χ0n) is 8.75. The van der Waals surface area contributed by atoms with Crippen LogP contribution in [0.4, 0.5) is 0 Å². The van der Waals surface area contributed by atoms with Crippen molar-refractivity contribution in [1.29, 1.82) is 0 Å². The van der Waals surface area contributed by atoms with Crippen molar-refractivity contribution in [1.82, 2.24) is 5.32 Å². The molecule has 2 amide bonds. The van der Waals surface area contributed by atoms with Crippen molar-refractivity contribution in [2.45, 2.75) is 24.9 Å². The van der Waals surface area contributed by atoms with E-state index in [0.29, 0.717) is 0 Å². The molecule has 0 aliphatic carbocycles. The lowest BCUT2D eigenvalue weighted by molar-refractivity contribution is -0.147. The van der Waals surface area contributed by atoms with Crippen LogP contribution in [-0.4, -0.2) is 46.0 Å². The summed E-state index contributed by atoms with van der Waals surface area (Å²) in [5, 5.41) is 18.9. The first-order valence-corrected chi connectivity index (χ1v) is 4.53. The number of nitrogens with two attached hydrogens (primary N) is 2. The maximum Gasteiger partial charge on any atom is 0.326 e. The highest BCUT2D eigenvalue weighted by Gasteiger charge is 2.26. The van der Waals surface area contributed by atoms with Gasteiger partial charge >= 0.3 is 11.9 Å². The maximum absolute atomic E-state index is 11.3. The van der Waals surface area contributed by atoms with Crippen molar-refractivity contribution in [3.63, 3.8) is 0 Å². The van der Waals surface area contributed by atoms with E-state index in [-0.39, 0.29) is 0 Å². The lowest BCUT2D eigenvalue weighted by Crippen LogP contribution is -2.50. The third kappa shape index (κ3) is 6.10. The molecular weight excluding hydrogens is 234 g/mol. The van der Waals surface area contributed by atoms with Crippen LogP contribution < -0.4 is 16.8 Å². The van der Waals surface area contributed by atoms with Crippen LogP contribution in [0.3, 0.4) is 0 Å². The Morgan fingerprint density at radius 2 is 1.65 bits per heavy atom. The summed E-state index contributed by atoms with van der Waals surface area (Å²) in [6.07, 6.45) is -1.24. The lowest BCUT2D eigenvalue weighted by atomic mass is 10.1. The molecule has 7 N–H and O–H groups in total. The quantitative estimate of drug-likeness (QED) is 0.323. The fourth-order valence-corrected chi connectivity index (χ4v) is 0.963. The van der Waals surface area contributed by atoms with E-state index in [1.165, 1.54) is 0 Å². The molecule has 0 rings (SSSR count). The minimum Gasteiger partial charge on any atom is -0.481 e. The smallest absolute Gasteiger partial charge is 0.326 e. The summed E-state index contributed by atoms with van der Waals surface area (Å²) in [4.78, 5) is 42.7. The van der Waals surface area contributed by atoms with Gasteiger partial charge in [0.05, 0.1) is 18.9 Å². The molecule has 0 aromatic heterocycles. The fraction of sp³-hybridized carbons (Fsp3) is 0.500. The zero-order valence-corrected chi connectivity index (χ0v) is 8.75. The predicted molar refractivity (Wildman–Crippen MR) is 53.6 cm³/mol. The van der Waals surface area contributed by atoms with Crippen LogP contribution in [0, 0.1) is 0 Å². The van der Waals surface area contributed by atoms with Crippen molar-refractivity contribution in [3.05, 3.63) is 0 Å². The summed E-state index contributed by atoms with van der Waals surface area (Å²) < 4.78 is 0. The van der Waals surface area contributed by atoms with E-state index >= 15 is 0 Å². The normalized spacial score (nSPS) is 13.5. The number of amides is 2. The van der Waals surface area contributed by atoms with Gasteiger partial charge in [-0.1, -0.05) is 0 Å². The van der Waals surface area contributed by atoms with Crippen LogP contribution in [-0.2, 0) is 19.2 Å². The van der Waals surface area contributed by atoms with Crippen molar-refractivity contribution in [3.8, 4) is 0 Å². The topological polar surface area (TPSA) is 173 Å². The number of rotatable bonds is 7. The Labute approximate surface area is 95.8 Å². The van der Waals surface area contributed by atoms with E-state index in [1.807, 2.05) is 5.32 Å². The number of nitrogens with one attached hydrogen (secondary N) is 1. The Morgan fingerprint density at radius 3 is 2.00 bits per heavy atom. The zero-order chi connectivity index (χ0) is 13.6. The van der Waals surface area contributed by atoms with E-state index < -0.39 is 48.7 Å². The van der Waals surface area contributed by atoms with E-state index in [4.69, 9.17) is 21.7 Å². The second kappa shape index (κ2) is 6.43. The number of hydrogen-bond donors (Lipinski definition) is 5. The molecule has 0 saturated carbocycles. The van der Waals surface area contributed by atoms with Crippen molar-refractivity contribution in [2.24, 2.45) is 11.5 Å². The van der Waals surface area contributed by atoms with E-state index in [1.54, 1.807) is 0 Å². The largest absolute Gasteiger partial charge is 0.481 e. The Kier molecular flexibility index (Phi) is 5.61. The summed E-state index contributed by atoms with van der Waals surface area (Å²) >= 11 is 0. The molecule has 2 atom stereocenters. The van der Waals surface area contributed by atoms with E-state index in [9.17, 15) is 19.2 Å². The number of carboxylic acids is 2. The minimum atomic E-state index is -1.60. The summed E-state index contributed by atoms with van der Waals surface area (Å²) in [6, 6.07) is -2.90. The van der Waals surface area contributed by atoms with Gasteiger partial charge in [-0.15, -0.1) is 0 Å². The molecule has 0 radical (unpaired) electrons. The molecule has 0 aromatic rings. The third-order valence-corrected chi connectivity index (χ3v) is 1.75. The SMILES string of the molecule is NC(=O)C[C@H](N)C(=O)N[C@@H](CC(=O)O)C(=O)O. The molecular formula is C8H13N3O6. The summed E-state index contributed by atoms with van der Waals surface area (Å²) in [7, 11) is 0. The van der Waals surface area contributed by atoms with E-state index in [2.05, 4.69) is 0 Å². The molecule has 0 bridgehead atoms. The molecule has 9 nitrogen and oxygen atoms in total. The lowest BCUT2D eigenvalue weighted by Gasteiger charge is -2.15. The van der Waals surface area contributed by atoms with Crippen LogP contribution in [0.5, 0.6) is 0 Å². The first-order chi connectivity index (χ1) is 7.73. The maximum atomic E-state index is 11.3. The molecule has 96 valence electrons. The number of hydrogen-bond acceptors (Lipinski definition) is 5. The monoisotopic (exact) mass is 247 g/mol. The van der Waals surface area contributed by atoms with Gasteiger partial charge in [-0.25, -0.2) is 4.79 Å². The van der Waals surface area contributed by atoms with Crippen LogP contribution >= 0.6 is 0 Å². The summed E-state index contributed by atoms with van der Waals surface area (Å²) in [5.41, 5.74) is 10.0. The molecule has 17 heavy (non-hydrogen) atoms. The number of aliphatic carboxylic acids is 2. The molecule has 0 aromatic carbocycles. The third-order valence-electron chi connectivity index (χ3n) is 1.75. The van der Waals surface area contributed by atoms with Crippen LogP contribution in [0.15, 0.2) is 0 Å². The van der Waals surface area contributed by atoms with Gasteiger partial charge in [0.25, 0.3) is 0 Å². The molecule has 0 unspecified atom stereocenters. The Balaban J connectivity index is 4.44. The Hall–Kier alpha value is -2.16. The van der Waals surface area contributed by atoms with Crippen LogP contribution in [0.25, 0.3) is 0 Å². The number of carbonyl (C=O) groups is 4. The number of carboxylic acid groups (broad SMARTS) is 2. The standard InChI is InChI=1S/C8H13N3O6/c9-3(1-5(10)12)7(15)11-4(8(16)17)2-6(13)14/h3-4H,1-2,9H2,(H2,10,12)(H,11,15)(H,13,14)(H,16,17)/t3-,4-/m0/s1. The van der Waals surface area contributed by atoms with Crippen LogP contribution in [0.2, 0.25) is 0 Å². The molecule has 0 aliphatic heterocycles. The molecule has 0 spiro atoms. The predicted octanol–water partition coefficient (Wildman–Crippen LogP) is -2.77. The average Bonchev–Trinajstić information content (AvgIpc) is 2.14. The Morgan fingerprint density at radius 1 is 1.12 bits per heavy atom. The van der Waals surface area contributed by atoms with Crippen molar-refractivity contribution < 1.29 is 29.4 Å². The fourth-order valence-electron chi connectivity index (χ4n) is 0.963. The highest BCUT2D eigenvalue weighted by molar-refractivity contribution is 5.91. The Bertz CT molecular complexity index is 342. The van der Waals surface area contributed by atoms with Gasteiger partial charge in [-0.3, -0.25) is 14.4 Å². The van der Waals surface area contributed by atoms with Gasteiger partial charge in [0.2, 0.25) is 11.8 Å². The van der Waals surface area contributed by atoms with Crippen LogP contribution in [0.1, 0.15) is 12.8 Å². The number of primary amides is 1. The second-order valence-electron chi connectivity index (χ2n) is 3.27. The first-order valence-electron chi connectivity index (χ1n) is 4.53. The van der Waals surface area contributed by atoms with Crippen molar-refractivity contribution in [2.75, 3.05) is 0 Å². The van der Waals surface area contributed by atoms with Crippen molar-refractivity contribution >= 4 is 23.8 Å². The average molecular weight is 247 g/mol. The molecule has 0 fully saturated rings. The molecule has 9 heteroatoms. The second-order valence-corrected chi connectivity index (χ2v) is 3.27. The molecule has 0 heterocycles. The summed E-state index contributed by atoms with van der Waals surface area (Å²) in [5.74, 6) is -4.66. The summed E-state index contributed by atoms with van der Waals surface area (Å²) in [6.45, 7) is 0. The first kappa shape index (κ1) is 14.8. The molecule has 0 saturated heterocycles. The highest BCUT2D eigenvalue weighted by atomic mass is 16.4. The van der Waals surface area contributed by atoms with Gasteiger partial charge in [-0.2, -0.15) is 0 Å². The highest BCUT2D eigenvalue weighted by Crippen LogP contribution is 1.95. The van der Waals surface area contributed by atoms with Gasteiger partial charge < -0.3 is 27.0 Å². The van der Waals surface area contributed by atoms with Gasteiger partial charge in [0, 0.05) is 0 Å². The molecule has 0 aliphatic rings. The minimum absolute atomic E-state index is 0.453. The van der Waals surface area contributed by atoms with Gasteiger partial charge in [0.1, 0.15) is 6.04 Å². The van der Waals surface area contributed by atoms with E-state index in [0.717, 1.165) is 0 Å². The van der Waals surface area contributed by atoms with Gasteiger partial charge in [-0.05, 0) is 0 Å². The van der Waals surface area contributed by atoms with Gasteiger partial charge in [0.15, 0.2) is 0 Å².